The topological polar surface area (TPSA) is 0 Å². The van der Waals surface area contributed by atoms with Crippen molar-refractivity contribution < 1.29 is 0 Å². The molecule has 0 radical (unpaired) electrons. The molecule has 146 valence electrons. The highest BCUT2D eigenvalue weighted by Gasteiger charge is 2.11. The molecule has 0 aliphatic rings. The van der Waals surface area contributed by atoms with Gasteiger partial charge in [-0.2, -0.15) is 0 Å². The van der Waals surface area contributed by atoms with Crippen LogP contribution in [0.2, 0.25) is 0 Å². The highest BCUT2D eigenvalue weighted by Crippen LogP contribution is 2.38. The molecule has 0 unspecified atom stereocenters. The molecule has 0 aliphatic carbocycles. The molecule has 0 spiro atoms. The summed E-state index contributed by atoms with van der Waals surface area (Å²) in [5, 5.41) is 5.58. The second kappa shape index (κ2) is 6.66. The molecule has 0 saturated carbocycles. The van der Waals surface area contributed by atoms with Crippen molar-refractivity contribution in [3.63, 3.8) is 0 Å². The summed E-state index contributed by atoms with van der Waals surface area (Å²) in [6.45, 7) is 6.65. The minimum Gasteiger partial charge on any atom is -0.135 e. The molecule has 0 atom stereocenters. The third-order valence-electron chi connectivity index (χ3n) is 6.24. The highest BCUT2D eigenvalue weighted by molar-refractivity contribution is 7.26. The molecule has 0 fully saturated rings. The molecular weight excluding hydrogens is 400 g/mol. The van der Waals surface area contributed by atoms with E-state index in [4.69, 9.17) is 0 Å². The molecule has 0 bridgehead atoms. The van der Waals surface area contributed by atoms with Crippen molar-refractivity contribution in [2.75, 3.05) is 0 Å². The first-order valence-corrected chi connectivity index (χ1v) is 12.0. The van der Waals surface area contributed by atoms with Crippen LogP contribution in [0.25, 0.3) is 40.3 Å². The molecule has 2 heteroatoms. The smallest absolute Gasteiger partial charge is 0.0384 e. The standard InChI is InChI=1S/C28H22S2/c1-16-7-9-25-22(11-16)23-12-18(3)20(15-27(23)29-25)13-19-8-10-26-24(14-19)21-6-4-5-17(2)28(21)30-26/h4-12,14-15H,13H2,1-3H3. The lowest BCUT2D eigenvalue weighted by molar-refractivity contribution is 1.17. The molecule has 2 heterocycles. The first kappa shape index (κ1) is 18.1. The van der Waals surface area contributed by atoms with Crippen molar-refractivity contribution >= 4 is 63.0 Å². The van der Waals surface area contributed by atoms with Gasteiger partial charge in [0, 0.05) is 40.3 Å². The van der Waals surface area contributed by atoms with Crippen molar-refractivity contribution in [3.05, 3.63) is 94.5 Å². The van der Waals surface area contributed by atoms with Crippen LogP contribution >= 0.6 is 22.7 Å². The Morgan fingerprint density at radius 3 is 2.27 bits per heavy atom. The summed E-state index contributed by atoms with van der Waals surface area (Å²) in [5.74, 6) is 0. The van der Waals surface area contributed by atoms with Crippen LogP contribution in [0.5, 0.6) is 0 Å². The van der Waals surface area contributed by atoms with E-state index >= 15 is 0 Å². The van der Waals surface area contributed by atoms with Gasteiger partial charge in [0.25, 0.3) is 0 Å². The van der Waals surface area contributed by atoms with Crippen LogP contribution in [-0.2, 0) is 6.42 Å². The van der Waals surface area contributed by atoms with Crippen LogP contribution in [0.3, 0.4) is 0 Å². The van der Waals surface area contributed by atoms with E-state index in [9.17, 15) is 0 Å². The summed E-state index contributed by atoms with van der Waals surface area (Å²) < 4.78 is 5.58. The van der Waals surface area contributed by atoms with Crippen molar-refractivity contribution in [1.82, 2.24) is 0 Å². The zero-order valence-corrected chi connectivity index (χ0v) is 19.0. The van der Waals surface area contributed by atoms with Crippen molar-refractivity contribution in [2.45, 2.75) is 27.2 Å². The van der Waals surface area contributed by atoms with E-state index in [0.29, 0.717) is 0 Å². The van der Waals surface area contributed by atoms with Crippen molar-refractivity contribution in [1.29, 1.82) is 0 Å². The summed E-state index contributed by atoms with van der Waals surface area (Å²) in [7, 11) is 0. The zero-order valence-electron chi connectivity index (χ0n) is 17.4. The molecule has 2 aromatic heterocycles. The van der Waals surface area contributed by atoms with Gasteiger partial charge in [-0.15, -0.1) is 22.7 Å². The number of benzene rings is 4. The minimum atomic E-state index is 0.980. The zero-order chi connectivity index (χ0) is 20.4. The molecule has 0 saturated heterocycles. The lowest BCUT2D eigenvalue weighted by atomic mass is 9.97. The van der Waals surface area contributed by atoms with Gasteiger partial charge in [-0.25, -0.2) is 0 Å². The maximum absolute atomic E-state index is 2.42. The van der Waals surface area contributed by atoms with Gasteiger partial charge in [0.1, 0.15) is 0 Å². The molecular formula is C28H22S2. The molecule has 6 aromatic rings. The van der Waals surface area contributed by atoms with Crippen LogP contribution in [0.4, 0.5) is 0 Å². The largest absolute Gasteiger partial charge is 0.135 e. The normalized spacial score (nSPS) is 12.0. The fraction of sp³-hybridized carbons (Fsp3) is 0.143. The average Bonchev–Trinajstić information content (AvgIpc) is 3.27. The minimum absolute atomic E-state index is 0.980. The third kappa shape index (κ3) is 2.79. The van der Waals surface area contributed by atoms with Crippen LogP contribution < -0.4 is 0 Å². The molecule has 6 rings (SSSR count). The second-order valence-electron chi connectivity index (χ2n) is 8.44. The highest BCUT2D eigenvalue weighted by atomic mass is 32.1. The van der Waals surface area contributed by atoms with E-state index in [-0.39, 0.29) is 0 Å². The van der Waals surface area contributed by atoms with Gasteiger partial charge in [-0.3, -0.25) is 0 Å². The SMILES string of the molecule is Cc1ccc2sc3cc(Cc4ccc5sc6c(C)cccc6c5c4)c(C)cc3c2c1. The summed E-state index contributed by atoms with van der Waals surface area (Å²) >= 11 is 3.83. The van der Waals surface area contributed by atoms with E-state index in [1.54, 1.807) is 0 Å². The maximum Gasteiger partial charge on any atom is 0.0384 e. The predicted octanol–water partition coefficient (Wildman–Crippen LogP) is 8.94. The predicted molar refractivity (Wildman–Crippen MR) is 136 cm³/mol. The number of fused-ring (bicyclic) bond motifs is 6. The Labute approximate surface area is 184 Å². The number of hydrogen-bond donors (Lipinski definition) is 0. The average molecular weight is 423 g/mol. The van der Waals surface area contributed by atoms with E-state index in [0.717, 1.165) is 6.42 Å². The Morgan fingerprint density at radius 1 is 0.600 bits per heavy atom. The molecule has 30 heavy (non-hydrogen) atoms. The molecule has 0 aliphatic heterocycles. The summed E-state index contributed by atoms with van der Waals surface area (Å²) in [6, 6.07) is 25.3. The number of rotatable bonds is 2. The molecule has 0 nitrogen and oxygen atoms in total. The van der Waals surface area contributed by atoms with Crippen LogP contribution in [0, 0.1) is 20.8 Å². The maximum atomic E-state index is 2.42. The van der Waals surface area contributed by atoms with E-state index in [2.05, 4.69) is 87.5 Å². The van der Waals surface area contributed by atoms with Gasteiger partial charge < -0.3 is 0 Å². The second-order valence-corrected chi connectivity index (χ2v) is 10.6. The number of aryl methyl sites for hydroxylation is 3. The summed E-state index contributed by atoms with van der Waals surface area (Å²) in [6.07, 6.45) is 0.980. The Balaban J connectivity index is 1.47. The quantitative estimate of drug-likeness (QED) is 0.261. The third-order valence-corrected chi connectivity index (χ3v) is 8.69. The Morgan fingerprint density at radius 2 is 1.37 bits per heavy atom. The molecule has 0 N–H and O–H groups in total. The van der Waals surface area contributed by atoms with E-state index < -0.39 is 0 Å². The number of thiophene rings is 2. The summed E-state index contributed by atoms with van der Waals surface area (Å²) in [4.78, 5) is 0. The lowest BCUT2D eigenvalue weighted by Gasteiger charge is -2.08. The van der Waals surface area contributed by atoms with Crippen LogP contribution in [-0.4, -0.2) is 0 Å². The van der Waals surface area contributed by atoms with Gasteiger partial charge in [0.05, 0.1) is 0 Å². The lowest BCUT2D eigenvalue weighted by Crippen LogP contribution is -1.91. The van der Waals surface area contributed by atoms with E-state index in [1.807, 2.05) is 22.7 Å². The van der Waals surface area contributed by atoms with Crippen LogP contribution in [0.1, 0.15) is 27.8 Å². The van der Waals surface area contributed by atoms with Crippen LogP contribution in [0.15, 0.2) is 66.7 Å². The first-order valence-electron chi connectivity index (χ1n) is 10.4. The van der Waals surface area contributed by atoms with Gasteiger partial charge in [-0.1, -0.05) is 35.9 Å². The Kier molecular flexibility index (Phi) is 4.02. The summed E-state index contributed by atoms with van der Waals surface area (Å²) in [5.41, 5.74) is 6.91. The van der Waals surface area contributed by atoms with Gasteiger partial charge in [0.15, 0.2) is 0 Å². The van der Waals surface area contributed by atoms with Gasteiger partial charge in [0.2, 0.25) is 0 Å². The van der Waals surface area contributed by atoms with Crippen molar-refractivity contribution in [2.24, 2.45) is 0 Å². The number of hydrogen-bond acceptors (Lipinski definition) is 2. The van der Waals surface area contributed by atoms with Crippen molar-refractivity contribution in [3.8, 4) is 0 Å². The Hall–Kier alpha value is -2.68. The fourth-order valence-electron chi connectivity index (χ4n) is 4.59. The monoisotopic (exact) mass is 422 g/mol. The Bertz CT molecular complexity index is 1590. The molecule has 0 amide bonds. The fourth-order valence-corrected chi connectivity index (χ4v) is 6.88. The first-order chi connectivity index (χ1) is 14.6. The van der Waals surface area contributed by atoms with Gasteiger partial charge >= 0.3 is 0 Å². The molecule has 4 aromatic carbocycles. The van der Waals surface area contributed by atoms with Gasteiger partial charge in [-0.05, 0) is 85.8 Å². The van der Waals surface area contributed by atoms with E-state index in [1.165, 1.54) is 68.2 Å².